The Morgan fingerprint density at radius 3 is 2.55 bits per heavy atom. The van der Waals surface area contributed by atoms with E-state index in [1.165, 1.54) is 7.11 Å². The molecule has 0 rings (SSSR count). The predicted molar refractivity (Wildman–Crippen MR) is 42.4 cm³/mol. The van der Waals surface area contributed by atoms with E-state index in [1.54, 1.807) is 0 Å². The molecule has 2 amide bonds. The van der Waals surface area contributed by atoms with Gasteiger partial charge in [0.25, 0.3) is 0 Å². The maximum atomic E-state index is 10.7. The summed E-state index contributed by atoms with van der Waals surface area (Å²) in [5.41, 5.74) is 4.77. The van der Waals surface area contributed by atoms with Crippen LogP contribution in [-0.4, -0.2) is 30.9 Å². The Labute approximate surface area is 69.7 Å². The van der Waals surface area contributed by atoms with E-state index in [2.05, 4.69) is 22.7 Å². The number of urea groups is 1. The van der Waals surface area contributed by atoms with Gasteiger partial charge in [-0.1, -0.05) is 0 Å². The summed E-state index contributed by atoms with van der Waals surface area (Å²) in [6, 6.07) is -1.53. The molecule has 5 nitrogen and oxygen atoms in total. The number of nitrogens with one attached hydrogen (secondary N) is 1. The van der Waals surface area contributed by atoms with Gasteiger partial charge in [0.2, 0.25) is 0 Å². The minimum atomic E-state index is -0.769. The fraction of sp³-hybridized carbons (Fsp3) is 0.600. The van der Waals surface area contributed by atoms with Crippen LogP contribution >= 0.6 is 12.6 Å². The Morgan fingerprint density at radius 1 is 1.73 bits per heavy atom. The van der Waals surface area contributed by atoms with E-state index < -0.39 is 18.0 Å². The molecule has 6 heteroatoms. The van der Waals surface area contributed by atoms with Crippen molar-refractivity contribution in [3.63, 3.8) is 0 Å². The van der Waals surface area contributed by atoms with Crippen LogP contribution in [0.2, 0.25) is 0 Å². The zero-order chi connectivity index (χ0) is 8.85. The second kappa shape index (κ2) is 4.84. The first-order valence-corrected chi connectivity index (χ1v) is 3.49. The number of nitrogens with two attached hydrogens (primary N) is 1. The minimum Gasteiger partial charge on any atom is -0.467 e. The molecular formula is C5H10N2O3S. The Bertz CT molecular complexity index is 162. The van der Waals surface area contributed by atoms with Crippen LogP contribution < -0.4 is 11.1 Å². The van der Waals surface area contributed by atoms with E-state index in [1.807, 2.05) is 0 Å². The van der Waals surface area contributed by atoms with E-state index in [-0.39, 0.29) is 5.75 Å². The number of methoxy groups -OCH3 is 1. The highest BCUT2D eigenvalue weighted by Crippen LogP contribution is 1.90. The normalized spacial score (nSPS) is 11.8. The highest BCUT2D eigenvalue weighted by atomic mass is 32.1. The van der Waals surface area contributed by atoms with Gasteiger partial charge < -0.3 is 15.8 Å². The van der Waals surface area contributed by atoms with Gasteiger partial charge >= 0.3 is 12.0 Å². The molecule has 3 N–H and O–H groups in total. The lowest BCUT2D eigenvalue weighted by Crippen LogP contribution is -2.45. The van der Waals surface area contributed by atoms with Crippen molar-refractivity contribution < 1.29 is 14.3 Å². The first-order chi connectivity index (χ1) is 5.11. The maximum Gasteiger partial charge on any atom is 0.329 e. The molecule has 0 aliphatic heterocycles. The highest BCUT2D eigenvalue weighted by molar-refractivity contribution is 7.80. The van der Waals surface area contributed by atoms with Crippen molar-refractivity contribution in [3.8, 4) is 0 Å². The van der Waals surface area contributed by atoms with Crippen LogP contribution in [0.1, 0.15) is 0 Å². The summed E-state index contributed by atoms with van der Waals surface area (Å²) in [4.78, 5) is 21.0. The molecule has 0 aliphatic carbocycles. The van der Waals surface area contributed by atoms with Crippen LogP contribution in [0.25, 0.3) is 0 Å². The third-order valence-electron chi connectivity index (χ3n) is 0.985. The van der Waals surface area contributed by atoms with Gasteiger partial charge in [-0.25, -0.2) is 9.59 Å². The smallest absolute Gasteiger partial charge is 0.329 e. The number of ether oxygens (including phenoxy) is 1. The van der Waals surface area contributed by atoms with E-state index >= 15 is 0 Å². The molecule has 0 heterocycles. The topological polar surface area (TPSA) is 81.4 Å². The highest BCUT2D eigenvalue weighted by Gasteiger charge is 2.17. The van der Waals surface area contributed by atoms with Gasteiger partial charge in [0, 0.05) is 5.75 Å². The molecule has 1 atom stereocenters. The quantitative estimate of drug-likeness (QED) is 0.388. The maximum absolute atomic E-state index is 10.7. The van der Waals surface area contributed by atoms with Gasteiger partial charge in [-0.3, -0.25) is 0 Å². The van der Waals surface area contributed by atoms with Crippen LogP contribution in [0.4, 0.5) is 4.79 Å². The average Bonchev–Trinajstić information content (AvgIpc) is 1.98. The molecule has 0 aromatic heterocycles. The van der Waals surface area contributed by atoms with Crippen molar-refractivity contribution in [1.82, 2.24) is 5.32 Å². The predicted octanol–water partition coefficient (Wildman–Crippen LogP) is -0.874. The molecule has 0 radical (unpaired) electrons. The molecule has 0 aromatic carbocycles. The van der Waals surface area contributed by atoms with E-state index in [9.17, 15) is 9.59 Å². The zero-order valence-electron chi connectivity index (χ0n) is 6.03. The van der Waals surface area contributed by atoms with Crippen LogP contribution in [-0.2, 0) is 9.53 Å². The zero-order valence-corrected chi connectivity index (χ0v) is 6.93. The summed E-state index contributed by atoms with van der Waals surface area (Å²) < 4.78 is 4.35. The second-order valence-electron chi connectivity index (χ2n) is 1.77. The molecular weight excluding hydrogens is 168 g/mol. The summed E-state index contributed by atoms with van der Waals surface area (Å²) >= 11 is 3.81. The number of hydrogen-bond acceptors (Lipinski definition) is 4. The number of carbonyl (C=O) groups is 2. The molecule has 0 fully saturated rings. The lowest BCUT2D eigenvalue weighted by molar-refractivity contribution is -0.142. The first kappa shape index (κ1) is 10.1. The number of carbonyl (C=O) groups excluding carboxylic acids is 2. The Morgan fingerprint density at radius 2 is 2.27 bits per heavy atom. The van der Waals surface area contributed by atoms with Crippen LogP contribution in [0.3, 0.4) is 0 Å². The number of amides is 2. The fourth-order valence-electron chi connectivity index (χ4n) is 0.493. The monoisotopic (exact) mass is 178 g/mol. The van der Waals surface area contributed by atoms with Crippen molar-refractivity contribution in [1.29, 1.82) is 0 Å². The van der Waals surface area contributed by atoms with Gasteiger partial charge in [0.1, 0.15) is 6.04 Å². The van der Waals surface area contributed by atoms with Crippen molar-refractivity contribution in [2.24, 2.45) is 5.73 Å². The summed E-state index contributed by atoms with van der Waals surface area (Å²) in [6.07, 6.45) is 0. The number of primary amides is 1. The number of rotatable bonds is 3. The molecule has 11 heavy (non-hydrogen) atoms. The number of thiol groups is 1. The molecule has 0 bridgehead atoms. The second-order valence-corrected chi connectivity index (χ2v) is 2.13. The van der Waals surface area contributed by atoms with Gasteiger partial charge in [-0.15, -0.1) is 0 Å². The molecule has 0 saturated carbocycles. The fourth-order valence-corrected chi connectivity index (χ4v) is 0.733. The molecule has 64 valence electrons. The van der Waals surface area contributed by atoms with Gasteiger partial charge in [0.05, 0.1) is 7.11 Å². The largest absolute Gasteiger partial charge is 0.467 e. The summed E-state index contributed by atoms with van der Waals surface area (Å²) in [5.74, 6) is -0.394. The Balaban J connectivity index is 3.94. The summed E-state index contributed by atoms with van der Waals surface area (Å²) in [6.45, 7) is 0. The summed E-state index contributed by atoms with van der Waals surface area (Å²) in [5, 5.41) is 2.17. The molecule has 0 saturated heterocycles. The van der Waals surface area contributed by atoms with Crippen molar-refractivity contribution in [3.05, 3.63) is 0 Å². The van der Waals surface area contributed by atoms with E-state index in [4.69, 9.17) is 5.73 Å². The third kappa shape index (κ3) is 3.72. The van der Waals surface area contributed by atoms with Crippen molar-refractivity contribution >= 4 is 24.6 Å². The van der Waals surface area contributed by atoms with Crippen LogP contribution in [0, 0.1) is 0 Å². The van der Waals surface area contributed by atoms with Gasteiger partial charge in [-0.05, 0) is 0 Å². The van der Waals surface area contributed by atoms with Crippen LogP contribution in [0.5, 0.6) is 0 Å². The molecule has 0 unspecified atom stereocenters. The van der Waals surface area contributed by atoms with E-state index in [0.717, 1.165) is 0 Å². The van der Waals surface area contributed by atoms with Gasteiger partial charge in [0.15, 0.2) is 0 Å². The van der Waals surface area contributed by atoms with Gasteiger partial charge in [-0.2, -0.15) is 12.6 Å². The minimum absolute atomic E-state index is 0.162. The Kier molecular flexibility index (Phi) is 4.44. The SMILES string of the molecule is COC(=O)[C@H](CS)NC(N)=O. The first-order valence-electron chi connectivity index (χ1n) is 2.86. The molecule has 0 aliphatic rings. The van der Waals surface area contributed by atoms with E-state index in [0.29, 0.717) is 0 Å². The Hall–Kier alpha value is -0.910. The lowest BCUT2D eigenvalue weighted by atomic mass is 10.3. The van der Waals surface area contributed by atoms with Crippen LogP contribution in [0.15, 0.2) is 0 Å². The average molecular weight is 178 g/mol. The third-order valence-corrected chi connectivity index (χ3v) is 1.35. The molecule has 0 spiro atoms. The van der Waals surface area contributed by atoms with Crippen molar-refractivity contribution in [2.75, 3.05) is 12.9 Å². The number of esters is 1. The summed E-state index contributed by atoms with van der Waals surface area (Å²) in [7, 11) is 1.22. The van der Waals surface area contributed by atoms with Crippen molar-refractivity contribution in [2.45, 2.75) is 6.04 Å². The standard InChI is InChI=1S/C5H10N2O3S/c1-10-4(8)3(2-11)7-5(6)9/h3,11H,2H2,1H3,(H3,6,7,9)/t3-/m0/s1. The number of hydrogen-bond donors (Lipinski definition) is 3. The lowest BCUT2D eigenvalue weighted by Gasteiger charge is -2.11. The molecule has 0 aromatic rings.